The molecule has 1 atom stereocenters. The third kappa shape index (κ3) is 60.4. The van der Waals surface area contributed by atoms with E-state index in [1.807, 2.05) is 0 Å². The number of unbranched alkanes of at least 4 members (excludes halogenated alkanes) is 22. The quantitative estimate of drug-likeness (QED) is 0.0261. The Morgan fingerprint density at radius 3 is 0.855 bits per heavy atom. The van der Waals surface area contributed by atoms with Crippen LogP contribution in [0.3, 0.4) is 0 Å². The number of hydrogen-bond donors (Lipinski definition) is 0. The van der Waals surface area contributed by atoms with Crippen LogP contribution in [0.4, 0.5) is 0 Å². The second-order valence-electron chi connectivity index (χ2n) is 20.2. The number of ether oxygens (including phenoxy) is 3. The Hall–Kier alpha value is -4.45. The van der Waals surface area contributed by atoms with Crippen LogP contribution in [0.1, 0.15) is 271 Å². The molecule has 0 aromatic rings. The molecule has 0 saturated carbocycles. The van der Waals surface area contributed by atoms with E-state index < -0.39 is 6.10 Å². The van der Waals surface area contributed by atoms with E-state index in [4.69, 9.17) is 14.2 Å². The van der Waals surface area contributed by atoms with Gasteiger partial charge in [0.05, 0.1) is 0 Å². The van der Waals surface area contributed by atoms with Gasteiger partial charge < -0.3 is 14.2 Å². The van der Waals surface area contributed by atoms with Crippen molar-refractivity contribution < 1.29 is 28.6 Å². The van der Waals surface area contributed by atoms with Crippen molar-refractivity contribution in [1.82, 2.24) is 0 Å². The molecular weight excluding hydrogens is 937 g/mol. The van der Waals surface area contributed by atoms with Gasteiger partial charge in [-0.05, 0) is 109 Å². The molecule has 0 heterocycles. The highest BCUT2D eigenvalue weighted by atomic mass is 16.6. The maximum Gasteiger partial charge on any atom is 0.306 e. The Balaban J connectivity index is 4.51. The van der Waals surface area contributed by atoms with Crippen LogP contribution in [0, 0.1) is 0 Å². The molecule has 0 rings (SSSR count). The highest BCUT2D eigenvalue weighted by molar-refractivity contribution is 5.71. The molecule has 0 bridgehead atoms. The van der Waals surface area contributed by atoms with Gasteiger partial charge in [-0.1, -0.05) is 276 Å². The van der Waals surface area contributed by atoms with Crippen LogP contribution in [0.2, 0.25) is 0 Å². The number of hydrogen-bond acceptors (Lipinski definition) is 6. The van der Waals surface area contributed by atoms with Crippen molar-refractivity contribution in [3.05, 3.63) is 134 Å². The first-order chi connectivity index (χ1) is 37.5. The molecule has 1 unspecified atom stereocenters. The Bertz CT molecular complexity index is 1630. The van der Waals surface area contributed by atoms with Crippen molar-refractivity contribution in [2.24, 2.45) is 0 Å². The highest BCUT2D eigenvalue weighted by Gasteiger charge is 2.19. The summed E-state index contributed by atoms with van der Waals surface area (Å²) in [6.07, 6.45) is 88.9. The van der Waals surface area contributed by atoms with Gasteiger partial charge in [-0.15, -0.1) is 0 Å². The molecule has 0 N–H and O–H groups in total. The Morgan fingerprint density at radius 1 is 0.276 bits per heavy atom. The van der Waals surface area contributed by atoms with Crippen molar-refractivity contribution >= 4 is 17.9 Å². The Morgan fingerprint density at radius 2 is 0.526 bits per heavy atom. The van der Waals surface area contributed by atoms with Gasteiger partial charge >= 0.3 is 17.9 Å². The third-order valence-corrected chi connectivity index (χ3v) is 12.9. The largest absolute Gasteiger partial charge is 0.462 e. The maximum absolute atomic E-state index is 12.9. The fourth-order valence-electron chi connectivity index (χ4n) is 8.31. The highest BCUT2D eigenvalue weighted by Crippen LogP contribution is 2.16. The van der Waals surface area contributed by atoms with Gasteiger partial charge in [0.2, 0.25) is 0 Å². The van der Waals surface area contributed by atoms with Crippen LogP contribution < -0.4 is 0 Å². The number of carbonyl (C=O) groups excluding carboxylic acids is 3. The summed E-state index contributed by atoms with van der Waals surface area (Å²) < 4.78 is 16.8. The van der Waals surface area contributed by atoms with E-state index in [2.05, 4.69) is 154 Å². The maximum atomic E-state index is 12.9. The monoisotopic (exact) mass is 1050 g/mol. The van der Waals surface area contributed by atoms with E-state index in [-0.39, 0.29) is 37.5 Å². The number of carbonyl (C=O) groups is 3. The van der Waals surface area contributed by atoms with E-state index in [0.717, 1.165) is 109 Å². The molecule has 76 heavy (non-hydrogen) atoms. The molecule has 0 saturated heterocycles. The summed E-state index contributed by atoms with van der Waals surface area (Å²) in [5.74, 6) is -1.01. The van der Waals surface area contributed by atoms with E-state index >= 15 is 0 Å². The van der Waals surface area contributed by atoms with Gasteiger partial charge in [0.25, 0.3) is 0 Å². The Labute approximate surface area is 468 Å². The van der Waals surface area contributed by atoms with Crippen molar-refractivity contribution in [2.75, 3.05) is 13.2 Å². The average molecular weight is 1050 g/mol. The third-order valence-electron chi connectivity index (χ3n) is 12.9. The zero-order valence-corrected chi connectivity index (χ0v) is 49.2. The topological polar surface area (TPSA) is 78.9 Å². The molecule has 0 aliphatic carbocycles. The van der Waals surface area contributed by atoms with Crippen molar-refractivity contribution in [3.63, 3.8) is 0 Å². The van der Waals surface area contributed by atoms with Gasteiger partial charge in [0, 0.05) is 19.3 Å². The molecule has 0 radical (unpaired) electrons. The normalized spacial score (nSPS) is 13.0. The molecule has 0 spiro atoms. The molecule has 6 nitrogen and oxygen atoms in total. The van der Waals surface area contributed by atoms with E-state index in [1.165, 1.54) is 109 Å². The predicted octanol–water partition coefficient (Wildman–Crippen LogP) is 21.4. The summed E-state index contributed by atoms with van der Waals surface area (Å²) in [4.78, 5) is 38.3. The number of esters is 3. The van der Waals surface area contributed by atoms with Gasteiger partial charge in [-0.3, -0.25) is 14.4 Å². The molecule has 0 aliphatic heterocycles. The first kappa shape index (κ1) is 71.5. The van der Waals surface area contributed by atoms with Gasteiger partial charge in [0.15, 0.2) is 6.10 Å². The van der Waals surface area contributed by atoms with Crippen LogP contribution in [0.15, 0.2) is 134 Å². The summed E-state index contributed by atoms with van der Waals surface area (Å²) in [5.41, 5.74) is 0. The lowest BCUT2D eigenvalue weighted by Gasteiger charge is -2.18. The lowest BCUT2D eigenvalue weighted by molar-refractivity contribution is -0.167. The van der Waals surface area contributed by atoms with Crippen LogP contribution in [0.5, 0.6) is 0 Å². The van der Waals surface area contributed by atoms with Crippen molar-refractivity contribution in [2.45, 2.75) is 277 Å². The molecule has 6 heteroatoms. The fourth-order valence-corrected chi connectivity index (χ4v) is 8.31. The average Bonchev–Trinajstić information content (AvgIpc) is 3.42. The summed E-state index contributed by atoms with van der Waals surface area (Å²) in [5, 5.41) is 0. The van der Waals surface area contributed by atoms with E-state index in [1.54, 1.807) is 0 Å². The van der Waals surface area contributed by atoms with Crippen LogP contribution in [-0.4, -0.2) is 37.2 Å². The lowest BCUT2D eigenvalue weighted by atomic mass is 10.0. The second kappa shape index (κ2) is 63.1. The zero-order valence-electron chi connectivity index (χ0n) is 49.2. The lowest BCUT2D eigenvalue weighted by Crippen LogP contribution is -2.30. The van der Waals surface area contributed by atoms with Crippen molar-refractivity contribution in [3.8, 4) is 0 Å². The number of allylic oxidation sites excluding steroid dienone is 22. The minimum Gasteiger partial charge on any atom is -0.462 e. The molecule has 0 amide bonds. The molecule has 430 valence electrons. The van der Waals surface area contributed by atoms with Gasteiger partial charge in [0.1, 0.15) is 13.2 Å². The predicted molar refractivity (Wildman–Crippen MR) is 329 cm³/mol. The summed E-state index contributed by atoms with van der Waals surface area (Å²) in [6.45, 7) is 6.34. The first-order valence-corrected chi connectivity index (χ1v) is 31.2. The minimum atomic E-state index is -0.823. The van der Waals surface area contributed by atoms with Crippen LogP contribution in [0.25, 0.3) is 0 Å². The summed E-state index contributed by atoms with van der Waals surface area (Å²) >= 11 is 0. The van der Waals surface area contributed by atoms with Crippen LogP contribution >= 0.6 is 0 Å². The second-order valence-corrected chi connectivity index (χ2v) is 20.2. The smallest absolute Gasteiger partial charge is 0.306 e. The summed E-state index contributed by atoms with van der Waals surface area (Å²) in [7, 11) is 0. The zero-order chi connectivity index (χ0) is 55.0. The molecular formula is C70H114O6. The fraction of sp³-hybridized carbons (Fsp3) is 0.643. The number of rotatable bonds is 55. The summed E-state index contributed by atoms with van der Waals surface area (Å²) in [6, 6.07) is 0. The standard InChI is InChI=1S/C70H114O6/c1-4-7-10-13-16-19-22-25-28-30-32-34-35-36-38-39-42-45-48-51-54-57-60-63-69(72)75-66-67(65-74-68(71)62-59-56-53-50-47-44-41-27-24-21-18-15-12-9-6-3)76-70(73)64-61-58-55-52-49-46-43-40-37-33-31-29-26-23-20-17-14-11-8-5-2/h7,9-10,12,16,18-19,21,25,27-28,32,34,36,38,41-42,45,47,50-51,54,67H,4-6,8,11,13-15,17,20,22-24,26,29-31,33,35,37,39-40,43-44,46,48-49,52-53,55-66H2,1-3H3/b10-7-,12-9-,19-16-,21-18-,28-25-,34-32-,38-36-,41-27-,45-42-,50-47-,54-51-. The van der Waals surface area contributed by atoms with Gasteiger partial charge in [-0.25, -0.2) is 0 Å². The molecule has 0 aliphatic rings. The van der Waals surface area contributed by atoms with Gasteiger partial charge in [-0.2, -0.15) is 0 Å². The Kier molecular flexibility index (Phi) is 59.4. The van der Waals surface area contributed by atoms with E-state index in [0.29, 0.717) is 25.7 Å². The first-order valence-electron chi connectivity index (χ1n) is 31.2. The SMILES string of the molecule is CC/C=C\C/C=C\C/C=C\C/C=C\C/C=C\C/C=C\C/C=C\CCCC(=O)OCC(COC(=O)CCCC/C=C\C/C=C\C/C=C\C/C=C\CC)OC(=O)CCCCCCCCCCCCCCCCCCCCCC. The van der Waals surface area contributed by atoms with Crippen molar-refractivity contribution in [1.29, 1.82) is 0 Å². The van der Waals surface area contributed by atoms with Crippen LogP contribution in [-0.2, 0) is 28.6 Å². The minimum absolute atomic E-state index is 0.120. The molecule has 0 aromatic heterocycles. The molecule has 0 aromatic carbocycles. The van der Waals surface area contributed by atoms with E-state index in [9.17, 15) is 14.4 Å². The molecule has 0 fully saturated rings.